The fourth-order valence-corrected chi connectivity index (χ4v) is 2.57. The van der Waals surface area contributed by atoms with Gasteiger partial charge in [0.1, 0.15) is 0 Å². The second kappa shape index (κ2) is 8.73. The maximum atomic E-state index is 11.4. The van der Waals surface area contributed by atoms with Crippen LogP contribution >= 0.6 is 0 Å². The Bertz CT molecular complexity index is 359. The van der Waals surface area contributed by atoms with Crippen molar-refractivity contribution < 1.29 is 9.90 Å². The number of aliphatic carboxylic acids is 1. The van der Waals surface area contributed by atoms with Crippen molar-refractivity contribution in [3.05, 3.63) is 35.9 Å². The van der Waals surface area contributed by atoms with E-state index in [0.29, 0.717) is 5.92 Å². The van der Waals surface area contributed by atoms with E-state index < -0.39 is 5.97 Å². The van der Waals surface area contributed by atoms with Crippen molar-refractivity contribution in [2.75, 3.05) is 0 Å². The molecule has 0 heterocycles. The lowest BCUT2D eigenvalue weighted by molar-refractivity contribution is -0.139. The van der Waals surface area contributed by atoms with Gasteiger partial charge in [0.25, 0.3) is 0 Å². The zero-order valence-corrected chi connectivity index (χ0v) is 12.1. The first-order valence-corrected chi connectivity index (χ1v) is 7.46. The van der Waals surface area contributed by atoms with Crippen LogP contribution in [0.1, 0.15) is 63.9 Å². The molecule has 0 saturated carbocycles. The highest BCUT2D eigenvalue weighted by atomic mass is 16.4. The van der Waals surface area contributed by atoms with Crippen LogP contribution in [0.2, 0.25) is 0 Å². The Morgan fingerprint density at radius 2 is 1.79 bits per heavy atom. The molecule has 0 saturated heterocycles. The number of unbranched alkanes of at least 4 members (excludes halogenated alkanes) is 1. The van der Waals surface area contributed by atoms with Gasteiger partial charge in [-0.2, -0.15) is 0 Å². The number of carboxylic acids is 1. The van der Waals surface area contributed by atoms with E-state index >= 15 is 0 Å². The number of carboxylic acid groups (broad SMARTS) is 1. The molecule has 0 aromatic heterocycles. The molecule has 106 valence electrons. The van der Waals surface area contributed by atoms with Crippen LogP contribution < -0.4 is 0 Å². The first-order valence-electron chi connectivity index (χ1n) is 7.46. The summed E-state index contributed by atoms with van der Waals surface area (Å²) in [6, 6.07) is 9.61. The van der Waals surface area contributed by atoms with Gasteiger partial charge in [-0.25, -0.2) is 0 Å². The summed E-state index contributed by atoms with van der Waals surface area (Å²) in [5.74, 6) is -0.376. The second-order valence-corrected chi connectivity index (χ2v) is 5.30. The summed E-state index contributed by atoms with van der Waals surface area (Å²) in [7, 11) is 0. The van der Waals surface area contributed by atoms with Gasteiger partial charge in [0, 0.05) is 0 Å². The summed E-state index contributed by atoms with van der Waals surface area (Å²) in [4.78, 5) is 11.4. The third kappa shape index (κ3) is 5.46. The summed E-state index contributed by atoms with van der Waals surface area (Å²) in [5, 5.41) is 9.39. The van der Waals surface area contributed by atoms with Gasteiger partial charge in [-0.05, 0) is 24.3 Å². The smallest absolute Gasteiger partial charge is 0.310 e. The molecule has 0 spiro atoms. The van der Waals surface area contributed by atoms with Crippen LogP contribution in [0.4, 0.5) is 0 Å². The third-order valence-corrected chi connectivity index (χ3v) is 3.91. The standard InChI is InChI=1S/C17H26O2/c1-3-5-9-14(4-2)12-13-16(17(18)19)15-10-7-6-8-11-15/h6-8,10-11,14,16H,3-5,9,12-13H2,1-2H3,(H,18,19). The van der Waals surface area contributed by atoms with E-state index in [9.17, 15) is 9.90 Å². The zero-order chi connectivity index (χ0) is 14.1. The third-order valence-electron chi connectivity index (χ3n) is 3.91. The van der Waals surface area contributed by atoms with Crippen LogP contribution in [-0.2, 0) is 4.79 Å². The van der Waals surface area contributed by atoms with E-state index in [4.69, 9.17) is 0 Å². The molecule has 0 fully saturated rings. The van der Waals surface area contributed by atoms with E-state index in [1.807, 2.05) is 30.3 Å². The van der Waals surface area contributed by atoms with Crippen LogP contribution in [0, 0.1) is 5.92 Å². The Morgan fingerprint density at radius 3 is 2.32 bits per heavy atom. The lowest BCUT2D eigenvalue weighted by Crippen LogP contribution is -2.13. The lowest BCUT2D eigenvalue weighted by Gasteiger charge is -2.18. The van der Waals surface area contributed by atoms with Crippen LogP contribution in [0.5, 0.6) is 0 Å². The minimum Gasteiger partial charge on any atom is -0.481 e. The molecule has 0 aliphatic heterocycles. The van der Waals surface area contributed by atoms with Gasteiger partial charge in [-0.1, -0.05) is 69.9 Å². The summed E-state index contributed by atoms with van der Waals surface area (Å²) in [6.45, 7) is 4.41. The Hall–Kier alpha value is -1.31. The largest absolute Gasteiger partial charge is 0.481 e. The molecule has 2 unspecified atom stereocenters. The Balaban J connectivity index is 2.57. The SMILES string of the molecule is CCCCC(CC)CCC(C(=O)O)c1ccccc1. The molecule has 19 heavy (non-hydrogen) atoms. The highest BCUT2D eigenvalue weighted by Crippen LogP contribution is 2.27. The fourth-order valence-electron chi connectivity index (χ4n) is 2.57. The van der Waals surface area contributed by atoms with Crippen molar-refractivity contribution in [2.24, 2.45) is 5.92 Å². The minimum absolute atomic E-state index is 0.350. The molecule has 1 rings (SSSR count). The van der Waals surface area contributed by atoms with Gasteiger partial charge in [-0.15, -0.1) is 0 Å². The van der Waals surface area contributed by atoms with Crippen molar-refractivity contribution in [1.29, 1.82) is 0 Å². The van der Waals surface area contributed by atoms with Gasteiger partial charge in [0.15, 0.2) is 0 Å². The Morgan fingerprint density at radius 1 is 1.11 bits per heavy atom. The molecule has 2 heteroatoms. The molecule has 0 aliphatic carbocycles. The molecule has 0 bridgehead atoms. The molecular formula is C17H26O2. The van der Waals surface area contributed by atoms with Crippen molar-refractivity contribution in [2.45, 2.75) is 58.3 Å². The minimum atomic E-state index is -0.698. The second-order valence-electron chi connectivity index (χ2n) is 5.30. The molecule has 1 aromatic rings. The molecule has 1 N–H and O–H groups in total. The lowest BCUT2D eigenvalue weighted by atomic mass is 9.87. The number of rotatable bonds is 9. The molecule has 0 radical (unpaired) electrons. The topological polar surface area (TPSA) is 37.3 Å². The molecule has 2 atom stereocenters. The maximum absolute atomic E-state index is 11.4. The van der Waals surface area contributed by atoms with Crippen LogP contribution in [-0.4, -0.2) is 11.1 Å². The van der Waals surface area contributed by atoms with Crippen LogP contribution in [0.25, 0.3) is 0 Å². The number of benzene rings is 1. The molecule has 1 aromatic carbocycles. The molecular weight excluding hydrogens is 236 g/mol. The first kappa shape index (κ1) is 15.7. The molecule has 0 aliphatic rings. The summed E-state index contributed by atoms with van der Waals surface area (Å²) in [6.07, 6.45) is 6.62. The number of hydrogen-bond acceptors (Lipinski definition) is 1. The highest BCUT2D eigenvalue weighted by Gasteiger charge is 2.20. The van der Waals surface area contributed by atoms with Gasteiger partial charge < -0.3 is 5.11 Å². The summed E-state index contributed by atoms with van der Waals surface area (Å²) < 4.78 is 0. The van der Waals surface area contributed by atoms with E-state index in [-0.39, 0.29) is 5.92 Å². The van der Waals surface area contributed by atoms with E-state index in [1.165, 1.54) is 19.3 Å². The van der Waals surface area contributed by atoms with Gasteiger partial charge in [-0.3, -0.25) is 4.79 Å². The van der Waals surface area contributed by atoms with Crippen LogP contribution in [0.3, 0.4) is 0 Å². The van der Waals surface area contributed by atoms with Gasteiger partial charge >= 0.3 is 5.97 Å². The number of carbonyl (C=O) groups is 1. The fraction of sp³-hybridized carbons (Fsp3) is 0.588. The van der Waals surface area contributed by atoms with Gasteiger partial charge in [0.05, 0.1) is 5.92 Å². The Labute approximate surface area is 116 Å². The first-order chi connectivity index (χ1) is 9.19. The monoisotopic (exact) mass is 262 g/mol. The Kier molecular flexibility index (Phi) is 7.24. The predicted octanol–water partition coefficient (Wildman–Crippen LogP) is 4.85. The predicted molar refractivity (Wildman–Crippen MR) is 79.4 cm³/mol. The molecule has 2 nitrogen and oxygen atoms in total. The average molecular weight is 262 g/mol. The quantitative estimate of drug-likeness (QED) is 0.690. The number of hydrogen-bond donors (Lipinski definition) is 1. The van der Waals surface area contributed by atoms with Crippen molar-refractivity contribution in [3.63, 3.8) is 0 Å². The maximum Gasteiger partial charge on any atom is 0.310 e. The van der Waals surface area contributed by atoms with E-state index in [1.54, 1.807) is 0 Å². The summed E-state index contributed by atoms with van der Waals surface area (Å²) in [5.41, 5.74) is 0.931. The van der Waals surface area contributed by atoms with Gasteiger partial charge in [0.2, 0.25) is 0 Å². The van der Waals surface area contributed by atoms with E-state index in [0.717, 1.165) is 24.8 Å². The zero-order valence-electron chi connectivity index (χ0n) is 12.1. The van der Waals surface area contributed by atoms with E-state index in [2.05, 4.69) is 13.8 Å². The summed E-state index contributed by atoms with van der Waals surface area (Å²) >= 11 is 0. The van der Waals surface area contributed by atoms with Crippen molar-refractivity contribution >= 4 is 5.97 Å². The molecule has 0 amide bonds. The average Bonchev–Trinajstić information content (AvgIpc) is 2.43. The van der Waals surface area contributed by atoms with Crippen LogP contribution in [0.15, 0.2) is 30.3 Å². The normalized spacial score (nSPS) is 14.0. The highest BCUT2D eigenvalue weighted by molar-refractivity contribution is 5.75. The van der Waals surface area contributed by atoms with Crippen molar-refractivity contribution in [3.8, 4) is 0 Å². The van der Waals surface area contributed by atoms with Crippen molar-refractivity contribution in [1.82, 2.24) is 0 Å².